The van der Waals surface area contributed by atoms with E-state index in [1.807, 2.05) is 0 Å². The Balaban J connectivity index is 2.09. The summed E-state index contributed by atoms with van der Waals surface area (Å²) in [7, 11) is 0. The van der Waals surface area contributed by atoms with Crippen LogP contribution in [0.15, 0.2) is 18.2 Å². The second-order valence-electron chi connectivity index (χ2n) is 5.14. The van der Waals surface area contributed by atoms with Crippen molar-refractivity contribution in [2.45, 2.75) is 32.4 Å². The number of nitrogens with zero attached hydrogens (tertiary/aromatic N) is 1. The molecule has 2 rings (SSSR count). The maximum Gasteiger partial charge on any atom is 0.141 e. The molecule has 100 valence electrons. The SMILES string of the molecule is CC1CCCN(Cc2ccc(F)c(Cl)c2)C1CN. The highest BCUT2D eigenvalue weighted by atomic mass is 35.5. The van der Waals surface area contributed by atoms with Crippen molar-refractivity contribution in [3.63, 3.8) is 0 Å². The molecule has 1 aliphatic heterocycles. The van der Waals surface area contributed by atoms with Gasteiger partial charge in [0.1, 0.15) is 5.82 Å². The van der Waals surface area contributed by atoms with Crippen molar-refractivity contribution in [3.8, 4) is 0 Å². The van der Waals surface area contributed by atoms with Gasteiger partial charge in [0.05, 0.1) is 5.02 Å². The molecule has 18 heavy (non-hydrogen) atoms. The van der Waals surface area contributed by atoms with Crippen molar-refractivity contribution < 1.29 is 4.39 Å². The summed E-state index contributed by atoms with van der Waals surface area (Å²) in [6.07, 6.45) is 2.44. The van der Waals surface area contributed by atoms with Gasteiger partial charge in [0, 0.05) is 19.1 Å². The van der Waals surface area contributed by atoms with Crippen LogP contribution in [-0.4, -0.2) is 24.0 Å². The van der Waals surface area contributed by atoms with Crippen molar-refractivity contribution in [1.29, 1.82) is 0 Å². The molecule has 0 aromatic heterocycles. The van der Waals surface area contributed by atoms with Crippen LogP contribution < -0.4 is 5.73 Å². The van der Waals surface area contributed by atoms with Crippen LogP contribution in [0.2, 0.25) is 5.02 Å². The second kappa shape index (κ2) is 6.00. The molecular formula is C14H20ClFN2. The summed E-state index contributed by atoms with van der Waals surface area (Å²) < 4.78 is 13.1. The summed E-state index contributed by atoms with van der Waals surface area (Å²) >= 11 is 5.81. The molecule has 1 aromatic carbocycles. The van der Waals surface area contributed by atoms with Crippen molar-refractivity contribution >= 4 is 11.6 Å². The van der Waals surface area contributed by atoms with Gasteiger partial charge in [0.15, 0.2) is 0 Å². The standard InChI is InChI=1S/C14H20ClFN2/c1-10-3-2-6-18(14(10)8-17)9-11-4-5-13(16)12(15)7-11/h4-5,7,10,14H,2-3,6,8-9,17H2,1H3. The Bertz CT molecular complexity index is 411. The third-order valence-corrected chi connectivity index (χ3v) is 4.13. The number of hydrogen-bond donors (Lipinski definition) is 1. The van der Waals surface area contributed by atoms with Gasteiger partial charge in [0.2, 0.25) is 0 Å². The smallest absolute Gasteiger partial charge is 0.141 e. The highest BCUT2D eigenvalue weighted by Crippen LogP contribution is 2.25. The van der Waals surface area contributed by atoms with Crippen LogP contribution in [0.3, 0.4) is 0 Å². The fraction of sp³-hybridized carbons (Fsp3) is 0.571. The summed E-state index contributed by atoms with van der Waals surface area (Å²) in [6.45, 7) is 4.78. The largest absolute Gasteiger partial charge is 0.329 e. The molecule has 0 bridgehead atoms. The number of rotatable bonds is 3. The third kappa shape index (κ3) is 3.02. The lowest BCUT2D eigenvalue weighted by atomic mass is 9.90. The maximum absolute atomic E-state index is 13.1. The molecule has 1 fully saturated rings. The van der Waals surface area contributed by atoms with Gasteiger partial charge < -0.3 is 5.73 Å². The Labute approximate surface area is 113 Å². The maximum atomic E-state index is 13.1. The number of benzene rings is 1. The molecule has 4 heteroatoms. The molecular weight excluding hydrogens is 251 g/mol. The first-order chi connectivity index (χ1) is 8.61. The Kier molecular flexibility index (Phi) is 4.60. The zero-order chi connectivity index (χ0) is 13.1. The monoisotopic (exact) mass is 270 g/mol. The van der Waals surface area contributed by atoms with Crippen LogP contribution in [0.4, 0.5) is 4.39 Å². The number of likely N-dealkylation sites (tertiary alicyclic amines) is 1. The molecule has 1 aromatic rings. The van der Waals surface area contributed by atoms with Gasteiger partial charge in [-0.05, 0) is 43.0 Å². The molecule has 2 nitrogen and oxygen atoms in total. The van der Waals surface area contributed by atoms with Crippen LogP contribution >= 0.6 is 11.6 Å². The Morgan fingerprint density at radius 2 is 2.28 bits per heavy atom. The number of piperidine rings is 1. The van der Waals surface area contributed by atoms with E-state index in [0.29, 0.717) is 18.5 Å². The fourth-order valence-electron chi connectivity index (χ4n) is 2.78. The molecule has 2 atom stereocenters. The molecule has 1 saturated heterocycles. The molecule has 0 spiro atoms. The lowest BCUT2D eigenvalue weighted by molar-refractivity contribution is 0.0990. The topological polar surface area (TPSA) is 29.3 Å². The average Bonchev–Trinajstić information content (AvgIpc) is 2.34. The lowest BCUT2D eigenvalue weighted by Crippen LogP contribution is -2.47. The second-order valence-corrected chi connectivity index (χ2v) is 5.55. The first-order valence-electron chi connectivity index (χ1n) is 6.50. The number of nitrogens with two attached hydrogens (primary N) is 1. The van der Waals surface area contributed by atoms with Gasteiger partial charge in [-0.25, -0.2) is 4.39 Å². The van der Waals surface area contributed by atoms with Gasteiger partial charge in [-0.15, -0.1) is 0 Å². The van der Waals surface area contributed by atoms with Gasteiger partial charge in [-0.1, -0.05) is 24.6 Å². The molecule has 0 aliphatic carbocycles. The summed E-state index contributed by atoms with van der Waals surface area (Å²) in [5.41, 5.74) is 6.91. The highest BCUT2D eigenvalue weighted by Gasteiger charge is 2.27. The predicted octanol–water partition coefficient (Wildman–Crippen LogP) is 3.04. The minimum Gasteiger partial charge on any atom is -0.329 e. The average molecular weight is 271 g/mol. The summed E-state index contributed by atoms with van der Waals surface area (Å²) in [6, 6.07) is 5.36. The molecule has 0 amide bonds. The van der Waals surface area contributed by atoms with E-state index in [1.54, 1.807) is 12.1 Å². The molecule has 0 radical (unpaired) electrons. The Morgan fingerprint density at radius 3 is 2.94 bits per heavy atom. The van der Waals surface area contributed by atoms with E-state index < -0.39 is 0 Å². The van der Waals surface area contributed by atoms with Crippen LogP contribution in [0.1, 0.15) is 25.3 Å². The van der Waals surface area contributed by atoms with E-state index in [9.17, 15) is 4.39 Å². The van der Waals surface area contributed by atoms with E-state index in [4.69, 9.17) is 17.3 Å². The fourth-order valence-corrected chi connectivity index (χ4v) is 2.99. The van der Waals surface area contributed by atoms with E-state index >= 15 is 0 Å². The van der Waals surface area contributed by atoms with Gasteiger partial charge in [0.25, 0.3) is 0 Å². The van der Waals surface area contributed by atoms with Gasteiger partial charge in [-0.2, -0.15) is 0 Å². The van der Waals surface area contributed by atoms with Crippen molar-refractivity contribution in [1.82, 2.24) is 4.90 Å². The van der Waals surface area contributed by atoms with E-state index in [1.165, 1.54) is 18.9 Å². The Morgan fingerprint density at radius 1 is 1.50 bits per heavy atom. The van der Waals surface area contributed by atoms with E-state index in [0.717, 1.165) is 18.7 Å². The zero-order valence-electron chi connectivity index (χ0n) is 10.7. The minimum atomic E-state index is -0.359. The highest BCUT2D eigenvalue weighted by molar-refractivity contribution is 6.30. The van der Waals surface area contributed by atoms with Crippen molar-refractivity contribution in [3.05, 3.63) is 34.6 Å². The summed E-state index contributed by atoms with van der Waals surface area (Å²) in [5.74, 6) is 0.266. The van der Waals surface area contributed by atoms with Crippen LogP contribution in [0, 0.1) is 11.7 Å². The first kappa shape index (κ1) is 13.8. The molecule has 0 saturated carbocycles. The Hall–Kier alpha value is -0.640. The van der Waals surface area contributed by atoms with Crippen molar-refractivity contribution in [2.24, 2.45) is 11.7 Å². The summed E-state index contributed by atoms with van der Waals surface area (Å²) in [4.78, 5) is 2.39. The van der Waals surface area contributed by atoms with Crippen LogP contribution in [0.5, 0.6) is 0 Å². The molecule has 1 heterocycles. The van der Waals surface area contributed by atoms with Gasteiger partial charge >= 0.3 is 0 Å². The van der Waals surface area contributed by atoms with Gasteiger partial charge in [-0.3, -0.25) is 4.90 Å². The number of hydrogen-bond acceptors (Lipinski definition) is 2. The molecule has 2 unspecified atom stereocenters. The molecule has 1 aliphatic rings. The van der Waals surface area contributed by atoms with E-state index in [2.05, 4.69) is 11.8 Å². The quantitative estimate of drug-likeness (QED) is 0.915. The molecule has 2 N–H and O–H groups in total. The van der Waals surface area contributed by atoms with E-state index in [-0.39, 0.29) is 10.8 Å². The zero-order valence-corrected chi connectivity index (χ0v) is 11.5. The number of halogens is 2. The minimum absolute atomic E-state index is 0.196. The van der Waals surface area contributed by atoms with Crippen molar-refractivity contribution in [2.75, 3.05) is 13.1 Å². The third-order valence-electron chi connectivity index (χ3n) is 3.84. The predicted molar refractivity (Wildman–Crippen MR) is 73.1 cm³/mol. The van der Waals surface area contributed by atoms with Crippen LogP contribution in [0.25, 0.3) is 0 Å². The first-order valence-corrected chi connectivity index (χ1v) is 6.87. The van der Waals surface area contributed by atoms with Crippen LogP contribution in [-0.2, 0) is 6.54 Å². The summed E-state index contributed by atoms with van der Waals surface area (Å²) in [5, 5.41) is 0.196. The normalized spacial score (nSPS) is 25.3. The lowest BCUT2D eigenvalue weighted by Gasteiger charge is -2.39.